The van der Waals surface area contributed by atoms with Crippen LogP contribution in [0.4, 0.5) is 10.5 Å². The number of hydrogen-bond donors (Lipinski definition) is 0. The number of imide groups is 1. The van der Waals surface area contributed by atoms with Gasteiger partial charge in [0.05, 0.1) is 16.4 Å². The summed E-state index contributed by atoms with van der Waals surface area (Å²) in [6.45, 7) is 0.0267. The van der Waals surface area contributed by atoms with Crippen molar-refractivity contribution >= 4 is 57.9 Å². The Bertz CT molecular complexity index is 1290. The fourth-order valence-corrected chi connectivity index (χ4v) is 4.61. The first kappa shape index (κ1) is 23.8. The average Bonchev–Trinajstić information content (AvgIpc) is 3.07. The molecule has 1 fully saturated rings. The van der Waals surface area contributed by atoms with E-state index in [0.29, 0.717) is 26.9 Å². The van der Waals surface area contributed by atoms with Gasteiger partial charge in [-0.25, -0.2) is 0 Å². The Morgan fingerprint density at radius 2 is 1.65 bits per heavy atom. The van der Waals surface area contributed by atoms with E-state index in [2.05, 4.69) is 0 Å². The van der Waals surface area contributed by atoms with Crippen LogP contribution >= 0.6 is 35.0 Å². The van der Waals surface area contributed by atoms with Crippen LogP contribution in [0, 0.1) is 10.1 Å². The van der Waals surface area contributed by atoms with E-state index in [1.54, 1.807) is 54.6 Å². The Balaban J connectivity index is 1.45. The largest absolute Gasteiger partial charge is 0.489 e. The smallest absolute Gasteiger partial charge is 0.293 e. The fourth-order valence-electron chi connectivity index (χ4n) is 3.27. The van der Waals surface area contributed by atoms with Crippen LogP contribution in [-0.4, -0.2) is 21.0 Å². The molecule has 3 aromatic rings. The summed E-state index contributed by atoms with van der Waals surface area (Å²) in [6, 6.07) is 18.2. The summed E-state index contributed by atoms with van der Waals surface area (Å²) in [6.07, 6.45) is 1.60. The Hall–Kier alpha value is -3.33. The molecule has 34 heavy (non-hydrogen) atoms. The number of nitro groups is 1. The third-order valence-electron chi connectivity index (χ3n) is 5.01. The van der Waals surface area contributed by atoms with Gasteiger partial charge in [0.25, 0.3) is 16.8 Å². The number of para-hydroxylation sites is 1. The molecule has 1 aliphatic rings. The number of amides is 2. The lowest BCUT2D eigenvalue weighted by Gasteiger charge is -2.12. The quantitative estimate of drug-likeness (QED) is 0.197. The molecule has 1 saturated heterocycles. The molecule has 172 valence electrons. The summed E-state index contributed by atoms with van der Waals surface area (Å²) >= 11 is 13.1. The predicted molar refractivity (Wildman–Crippen MR) is 132 cm³/mol. The van der Waals surface area contributed by atoms with Crippen LogP contribution in [-0.2, 0) is 17.9 Å². The number of rotatable bonds is 7. The van der Waals surface area contributed by atoms with E-state index in [-0.39, 0.29) is 29.3 Å². The van der Waals surface area contributed by atoms with Crippen LogP contribution in [0.2, 0.25) is 10.0 Å². The molecule has 0 N–H and O–H groups in total. The maximum Gasteiger partial charge on any atom is 0.293 e. The number of thioether (sulfide) groups is 1. The number of ether oxygens (including phenoxy) is 1. The molecule has 3 aromatic carbocycles. The average molecular weight is 515 g/mol. The van der Waals surface area contributed by atoms with Gasteiger partial charge in [0.15, 0.2) is 0 Å². The second-order valence-corrected chi connectivity index (χ2v) is 9.02. The Labute approximate surface area is 209 Å². The number of nitro benzene ring substituents is 1. The summed E-state index contributed by atoms with van der Waals surface area (Å²) in [5, 5.41) is 11.8. The lowest BCUT2D eigenvalue weighted by Crippen LogP contribution is -2.27. The van der Waals surface area contributed by atoms with Gasteiger partial charge in [0.1, 0.15) is 12.4 Å². The standard InChI is InChI=1S/C24H16Cl2N2O5S/c25-19-5-3-6-20(26)18(19)14-33-17-10-8-15(9-11-17)12-22-23(29)27(24(30)34-22)13-16-4-1-2-7-21(16)28(31)32/h1-12H,13-14H2/b22-12-. The topological polar surface area (TPSA) is 89.8 Å². The summed E-state index contributed by atoms with van der Waals surface area (Å²) in [5.41, 5.74) is 1.52. The van der Waals surface area contributed by atoms with Crippen molar-refractivity contribution in [2.24, 2.45) is 0 Å². The van der Waals surface area contributed by atoms with Crippen molar-refractivity contribution in [3.8, 4) is 5.75 Å². The number of hydrogen-bond acceptors (Lipinski definition) is 6. The second kappa shape index (κ2) is 10.3. The van der Waals surface area contributed by atoms with Crippen molar-refractivity contribution in [2.45, 2.75) is 13.2 Å². The zero-order chi connectivity index (χ0) is 24.2. The summed E-state index contributed by atoms with van der Waals surface area (Å²) in [4.78, 5) is 37.1. The monoisotopic (exact) mass is 514 g/mol. The molecule has 0 bridgehead atoms. The molecular formula is C24H16Cl2N2O5S. The number of carbonyl (C=O) groups excluding carboxylic acids is 2. The van der Waals surface area contributed by atoms with Crippen LogP contribution in [0.3, 0.4) is 0 Å². The second-order valence-electron chi connectivity index (χ2n) is 7.21. The van der Waals surface area contributed by atoms with Gasteiger partial charge in [0.2, 0.25) is 0 Å². The minimum Gasteiger partial charge on any atom is -0.489 e. The van der Waals surface area contributed by atoms with Crippen molar-refractivity contribution < 1.29 is 19.2 Å². The van der Waals surface area contributed by atoms with E-state index in [1.165, 1.54) is 18.2 Å². The Kier molecular flexibility index (Phi) is 7.21. The van der Waals surface area contributed by atoms with Gasteiger partial charge < -0.3 is 4.74 Å². The zero-order valence-electron chi connectivity index (χ0n) is 17.4. The molecule has 0 aliphatic carbocycles. The maximum atomic E-state index is 12.8. The molecule has 1 heterocycles. The van der Waals surface area contributed by atoms with Crippen LogP contribution in [0.1, 0.15) is 16.7 Å². The molecule has 7 nitrogen and oxygen atoms in total. The van der Waals surface area contributed by atoms with Crippen LogP contribution < -0.4 is 4.74 Å². The van der Waals surface area contributed by atoms with E-state index in [9.17, 15) is 19.7 Å². The third kappa shape index (κ3) is 5.25. The SMILES string of the molecule is O=C1S/C(=C\c2ccc(OCc3c(Cl)cccc3Cl)cc2)C(=O)N1Cc1ccccc1[N+](=O)[O-]. The molecule has 0 saturated carbocycles. The van der Waals surface area contributed by atoms with E-state index >= 15 is 0 Å². The van der Waals surface area contributed by atoms with Crippen molar-refractivity contribution in [1.82, 2.24) is 4.90 Å². The van der Waals surface area contributed by atoms with Crippen LogP contribution in [0.5, 0.6) is 5.75 Å². The fraction of sp³-hybridized carbons (Fsp3) is 0.0833. The third-order valence-corrected chi connectivity index (χ3v) is 6.63. The first-order valence-corrected chi connectivity index (χ1v) is 11.5. The Morgan fingerprint density at radius 1 is 0.971 bits per heavy atom. The molecule has 0 radical (unpaired) electrons. The summed E-state index contributed by atoms with van der Waals surface area (Å²) < 4.78 is 5.75. The van der Waals surface area contributed by atoms with Crippen molar-refractivity contribution in [3.05, 3.63) is 108 Å². The summed E-state index contributed by atoms with van der Waals surface area (Å²) in [5.74, 6) is 0.0828. The van der Waals surface area contributed by atoms with E-state index < -0.39 is 16.1 Å². The predicted octanol–water partition coefficient (Wildman–Crippen LogP) is 6.72. The van der Waals surface area contributed by atoms with Gasteiger partial charge in [0, 0.05) is 27.2 Å². The summed E-state index contributed by atoms with van der Waals surface area (Å²) in [7, 11) is 0. The highest BCUT2D eigenvalue weighted by Crippen LogP contribution is 2.34. The lowest BCUT2D eigenvalue weighted by atomic mass is 10.1. The van der Waals surface area contributed by atoms with Crippen molar-refractivity contribution in [1.29, 1.82) is 0 Å². The minimum atomic E-state index is -0.534. The van der Waals surface area contributed by atoms with Gasteiger partial charge in [-0.05, 0) is 47.7 Å². The van der Waals surface area contributed by atoms with Gasteiger partial charge in [-0.1, -0.05) is 59.6 Å². The maximum absolute atomic E-state index is 12.8. The lowest BCUT2D eigenvalue weighted by molar-refractivity contribution is -0.385. The molecule has 0 aromatic heterocycles. The molecule has 0 atom stereocenters. The molecule has 1 aliphatic heterocycles. The van der Waals surface area contributed by atoms with Gasteiger partial charge >= 0.3 is 0 Å². The highest BCUT2D eigenvalue weighted by Gasteiger charge is 2.36. The molecule has 10 heteroatoms. The Morgan fingerprint density at radius 3 is 2.32 bits per heavy atom. The first-order chi connectivity index (χ1) is 16.3. The van der Waals surface area contributed by atoms with Crippen molar-refractivity contribution in [2.75, 3.05) is 0 Å². The van der Waals surface area contributed by atoms with Gasteiger partial charge in [-0.3, -0.25) is 24.6 Å². The highest BCUT2D eigenvalue weighted by atomic mass is 35.5. The number of nitrogens with zero attached hydrogens (tertiary/aromatic N) is 2. The normalized spacial score (nSPS) is 14.6. The molecular weight excluding hydrogens is 499 g/mol. The van der Waals surface area contributed by atoms with Crippen molar-refractivity contribution in [3.63, 3.8) is 0 Å². The molecule has 0 unspecified atom stereocenters. The zero-order valence-corrected chi connectivity index (χ0v) is 19.8. The van der Waals surface area contributed by atoms with Gasteiger partial charge in [-0.2, -0.15) is 0 Å². The minimum absolute atomic E-state index is 0.140. The number of carbonyl (C=O) groups is 2. The molecule has 2 amide bonds. The molecule has 4 rings (SSSR count). The van der Waals surface area contributed by atoms with Crippen LogP contribution in [0.25, 0.3) is 6.08 Å². The van der Waals surface area contributed by atoms with E-state index in [0.717, 1.165) is 16.7 Å². The van der Waals surface area contributed by atoms with Gasteiger partial charge in [-0.15, -0.1) is 0 Å². The molecule has 0 spiro atoms. The van der Waals surface area contributed by atoms with E-state index in [4.69, 9.17) is 27.9 Å². The number of benzene rings is 3. The highest BCUT2D eigenvalue weighted by molar-refractivity contribution is 8.18. The first-order valence-electron chi connectivity index (χ1n) is 9.97. The van der Waals surface area contributed by atoms with Crippen LogP contribution in [0.15, 0.2) is 71.6 Å². The van der Waals surface area contributed by atoms with E-state index in [1.807, 2.05) is 0 Å². The number of halogens is 2.